The molecule has 0 saturated carbocycles. The first-order valence-electron chi connectivity index (χ1n) is 7.92. The van der Waals surface area contributed by atoms with Crippen molar-refractivity contribution < 1.29 is 19.4 Å². The van der Waals surface area contributed by atoms with Crippen LogP contribution in [0.15, 0.2) is 29.2 Å². The number of amides is 1. The summed E-state index contributed by atoms with van der Waals surface area (Å²) in [7, 11) is 0. The highest BCUT2D eigenvalue weighted by atomic mass is 32.2. The minimum atomic E-state index is -0.876. The molecular weight excluding hydrogens is 358 g/mol. The van der Waals surface area contributed by atoms with Crippen molar-refractivity contribution in [3.8, 4) is 5.75 Å². The SMILES string of the molecule is CC(C)(C)Oc1ccc(/C=C2\SC(=S)N(CCCC(=O)O)C2=O)cc1. The van der Waals surface area contributed by atoms with Gasteiger partial charge < -0.3 is 9.84 Å². The molecule has 1 aliphatic heterocycles. The number of hydrogen-bond acceptors (Lipinski definition) is 5. The van der Waals surface area contributed by atoms with Gasteiger partial charge in [0.1, 0.15) is 15.7 Å². The van der Waals surface area contributed by atoms with E-state index in [4.69, 9.17) is 22.1 Å². The maximum atomic E-state index is 12.4. The topological polar surface area (TPSA) is 66.8 Å². The molecule has 0 unspecified atom stereocenters. The second kappa shape index (κ2) is 8.01. The monoisotopic (exact) mass is 379 g/mol. The van der Waals surface area contributed by atoms with E-state index in [9.17, 15) is 9.59 Å². The van der Waals surface area contributed by atoms with E-state index in [-0.39, 0.29) is 17.9 Å². The summed E-state index contributed by atoms with van der Waals surface area (Å²) in [5, 5.41) is 8.70. The number of nitrogens with zero attached hydrogens (tertiary/aromatic N) is 1. The molecule has 2 rings (SSSR count). The van der Waals surface area contributed by atoms with Gasteiger partial charge in [0, 0.05) is 13.0 Å². The number of carboxylic acids is 1. The number of carbonyl (C=O) groups is 2. The quantitative estimate of drug-likeness (QED) is 0.597. The Morgan fingerprint density at radius 1 is 1.32 bits per heavy atom. The first kappa shape index (κ1) is 19.5. The van der Waals surface area contributed by atoms with Crippen LogP contribution in [0.4, 0.5) is 0 Å². The fourth-order valence-corrected chi connectivity index (χ4v) is 3.53. The average molecular weight is 380 g/mol. The summed E-state index contributed by atoms with van der Waals surface area (Å²) in [6.07, 6.45) is 2.19. The molecule has 1 N–H and O–H groups in total. The van der Waals surface area contributed by atoms with Crippen molar-refractivity contribution in [3.05, 3.63) is 34.7 Å². The van der Waals surface area contributed by atoms with Crippen LogP contribution in [0, 0.1) is 0 Å². The van der Waals surface area contributed by atoms with Crippen molar-refractivity contribution in [1.82, 2.24) is 4.90 Å². The third-order valence-corrected chi connectivity index (χ3v) is 4.63. The van der Waals surface area contributed by atoms with Crippen molar-refractivity contribution in [2.24, 2.45) is 0 Å². The van der Waals surface area contributed by atoms with Gasteiger partial charge in [-0.2, -0.15) is 0 Å². The molecule has 0 bridgehead atoms. The zero-order chi connectivity index (χ0) is 18.6. The molecule has 134 valence electrons. The molecule has 1 aliphatic rings. The van der Waals surface area contributed by atoms with Crippen LogP contribution in [0.25, 0.3) is 6.08 Å². The number of carbonyl (C=O) groups excluding carboxylic acids is 1. The summed E-state index contributed by atoms with van der Waals surface area (Å²) in [5.41, 5.74) is 0.618. The first-order chi connectivity index (χ1) is 11.7. The summed E-state index contributed by atoms with van der Waals surface area (Å²) in [4.78, 5) is 25.0. The number of carboxylic acid groups (broad SMARTS) is 1. The fraction of sp³-hybridized carbons (Fsp3) is 0.389. The number of rotatable bonds is 6. The van der Waals surface area contributed by atoms with Crippen LogP contribution < -0.4 is 4.74 Å². The lowest BCUT2D eigenvalue weighted by atomic mass is 10.1. The molecule has 1 saturated heterocycles. The molecule has 1 fully saturated rings. The van der Waals surface area contributed by atoms with Crippen molar-refractivity contribution >= 4 is 46.3 Å². The van der Waals surface area contributed by atoms with E-state index in [0.29, 0.717) is 22.2 Å². The minimum Gasteiger partial charge on any atom is -0.488 e. The van der Waals surface area contributed by atoms with Gasteiger partial charge in [-0.3, -0.25) is 14.5 Å². The van der Waals surface area contributed by atoms with Gasteiger partial charge in [-0.15, -0.1) is 0 Å². The zero-order valence-corrected chi connectivity index (χ0v) is 16.1. The fourth-order valence-electron chi connectivity index (χ4n) is 2.22. The first-order valence-corrected chi connectivity index (χ1v) is 9.14. The molecule has 5 nitrogen and oxygen atoms in total. The Morgan fingerprint density at radius 3 is 2.52 bits per heavy atom. The molecule has 1 aromatic carbocycles. The Kier molecular flexibility index (Phi) is 6.24. The lowest BCUT2D eigenvalue weighted by Gasteiger charge is -2.21. The second-order valence-corrected chi connectivity index (χ2v) is 8.29. The maximum absolute atomic E-state index is 12.4. The summed E-state index contributed by atoms with van der Waals surface area (Å²) in [6.45, 7) is 6.27. The Morgan fingerprint density at radius 2 is 1.96 bits per heavy atom. The second-order valence-electron chi connectivity index (χ2n) is 6.61. The summed E-state index contributed by atoms with van der Waals surface area (Å²) in [6, 6.07) is 7.51. The smallest absolute Gasteiger partial charge is 0.303 e. The summed E-state index contributed by atoms with van der Waals surface area (Å²) < 4.78 is 6.24. The van der Waals surface area contributed by atoms with E-state index in [1.54, 1.807) is 6.08 Å². The third-order valence-electron chi connectivity index (χ3n) is 3.25. The standard InChI is InChI=1S/C18H21NO4S2/c1-18(2,3)23-13-8-6-12(7-9-13)11-14-16(22)19(17(24)25-14)10-4-5-15(20)21/h6-9,11H,4-5,10H2,1-3H3,(H,20,21)/b14-11-. The van der Waals surface area contributed by atoms with Crippen LogP contribution in [0.5, 0.6) is 5.75 Å². The number of benzene rings is 1. The van der Waals surface area contributed by atoms with Gasteiger partial charge in [0.25, 0.3) is 5.91 Å². The van der Waals surface area contributed by atoms with E-state index in [2.05, 4.69) is 0 Å². The molecule has 0 spiro atoms. The molecule has 25 heavy (non-hydrogen) atoms. The molecule has 1 heterocycles. The van der Waals surface area contributed by atoms with E-state index in [1.807, 2.05) is 45.0 Å². The highest BCUT2D eigenvalue weighted by Crippen LogP contribution is 2.33. The van der Waals surface area contributed by atoms with Gasteiger partial charge in [-0.25, -0.2) is 0 Å². The van der Waals surface area contributed by atoms with Gasteiger partial charge in [-0.1, -0.05) is 36.1 Å². The van der Waals surface area contributed by atoms with Crippen molar-refractivity contribution in [2.45, 2.75) is 39.2 Å². The Labute approximate surface area is 157 Å². The normalized spacial score (nSPS) is 16.6. The van der Waals surface area contributed by atoms with Crippen LogP contribution in [0.2, 0.25) is 0 Å². The highest BCUT2D eigenvalue weighted by molar-refractivity contribution is 8.26. The molecule has 0 radical (unpaired) electrons. The van der Waals surface area contributed by atoms with E-state index >= 15 is 0 Å². The molecule has 7 heteroatoms. The lowest BCUT2D eigenvalue weighted by Crippen LogP contribution is -2.29. The van der Waals surface area contributed by atoms with E-state index in [1.165, 1.54) is 16.7 Å². The lowest BCUT2D eigenvalue weighted by molar-refractivity contribution is -0.137. The molecule has 0 aliphatic carbocycles. The van der Waals surface area contributed by atoms with E-state index < -0.39 is 5.97 Å². The van der Waals surface area contributed by atoms with Crippen LogP contribution in [-0.4, -0.2) is 38.3 Å². The number of thiocarbonyl (C=S) groups is 1. The predicted octanol–water partition coefficient (Wildman–Crippen LogP) is 3.93. The summed E-state index contributed by atoms with van der Waals surface area (Å²) in [5.74, 6) is -0.278. The zero-order valence-electron chi connectivity index (χ0n) is 14.4. The number of thioether (sulfide) groups is 1. The molecule has 1 aromatic rings. The summed E-state index contributed by atoms with van der Waals surface area (Å²) >= 11 is 6.47. The number of ether oxygens (including phenoxy) is 1. The Hall–Kier alpha value is -1.86. The van der Waals surface area contributed by atoms with Crippen molar-refractivity contribution in [1.29, 1.82) is 0 Å². The van der Waals surface area contributed by atoms with Crippen LogP contribution in [0.3, 0.4) is 0 Å². The van der Waals surface area contributed by atoms with Gasteiger partial charge in [-0.05, 0) is 51.0 Å². The van der Waals surface area contributed by atoms with E-state index in [0.717, 1.165) is 11.3 Å². The third kappa shape index (κ3) is 5.86. The van der Waals surface area contributed by atoms with Crippen molar-refractivity contribution in [3.63, 3.8) is 0 Å². The van der Waals surface area contributed by atoms with Crippen LogP contribution >= 0.6 is 24.0 Å². The predicted molar refractivity (Wildman–Crippen MR) is 104 cm³/mol. The highest BCUT2D eigenvalue weighted by Gasteiger charge is 2.31. The minimum absolute atomic E-state index is 0.0192. The Bertz CT molecular complexity index is 705. The van der Waals surface area contributed by atoms with Gasteiger partial charge in [0.05, 0.1) is 4.91 Å². The molecule has 1 amide bonds. The Balaban J connectivity index is 2.04. The van der Waals surface area contributed by atoms with Gasteiger partial charge in [0.15, 0.2) is 0 Å². The number of hydrogen-bond donors (Lipinski definition) is 1. The van der Waals surface area contributed by atoms with Crippen LogP contribution in [-0.2, 0) is 9.59 Å². The largest absolute Gasteiger partial charge is 0.488 e. The molecular formula is C18H21NO4S2. The molecule has 0 atom stereocenters. The van der Waals surface area contributed by atoms with Gasteiger partial charge in [0.2, 0.25) is 0 Å². The number of aliphatic carboxylic acids is 1. The maximum Gasteiger partial charge on any atom is 0.303 e. The van der Waals surface area contributed by atoms with Gasteiger partial charge >= 0.3 is 5.97 Å². The van der Waals surface area contributed by atoms with Crippen molar-refractivity contribution in [2.75, 3.05) is 6.54 Å². The molecule has 0 aromatic heterocycles. The average Bonchev–Trinajstić information content (AvgIpc) is 2.75. The van der Waals surface area contributed by atoms with Crippen LogP contribution in [0.1, 0.15) is 39.2 Å².